The summed E-state index contributed by atoms with van der Waals surface area (Å²) in [6, 6.07) is 10.4. The highest BCUT2D eigenvalue weighted by Crippen LogP contribution is 2.30. The minimum absolute atomic E-state index is 0.0266. The van der Waals surface area contributed by atoms with Crippen molar-refractivity contribution >= 4 is 34.2 Å². The third-order valence-corrected chi connectivity index (χ3v) is 7.91. The molecule has 2 aromatic heterocycles. The second kappa shape index (κ2) is 9.52. The summed E-state index contributed by atoms with van der Waals surface area (Å²) in [4.78, 5) is 40.0. The number of aromatic nitrogens is 3. The third-order valence-electron chi connectivity index (χ3n) is 7.15. The molecular formula is C26H23F3N6O2S. The van der Waals surface area contributed by atoms with Crippen LogP contribution in [0.5, 0.6) is 0 Å². The van der Waals surface area contributed by atoms with E-state index in [0.29, 0.717) is 53.5 Å². The summed E-state index contributed by atoms with van der Waals surface area (Å²) in [5.74, 6) is -0.106. The second-order valence-corrected chi connectivity index (χ2v) is 10.3. The number of nitrogens with zero attached hydrogens (tertiary/aromatic N) is 6. The molecule has 0 saturated carbocycles. The minimum atomic E-state index is -4.39. The first-order chi connectivity index (χ1) is 18.3. The zero-order chi connectivity index (χ0) is 26.4. The number of hydrogen-bond acceptors (Lipinski definition) is 6. The average Bonchev–Trinajstić information content (AvgIpc) is 3.57. The smallest absolute Gasteiger partial charge is 0.335 e. The predicted molar refractivity (Wildman–Crippen MR) is 135 cm³/mol. The molecule has 2 aromatic carbocycles. The van der Waals surface area contributed by atoms with Crippen molar-refractivity contribution in [2.75, 3.05) is 39.3 Å². The molecule has 38 heavy (non-hydrogen) atoms. The van der Waals surface area contributed by atoms with Gasteiger partial charge < -0.3 is 9.80 Å². The van der Waals surface area contributed by atoms with Gasteiger partial charge in [-0.15, -0.1) is 11.3 Å². The van der Waals surface area contributed by atoms with Crippen molar-refractivity contribution in [2.24, 2.45) is 0 Å². The van der Waals surface area contributed by atoms with E-state index in [4.69, 9.17) is 0 Å². The van der Waals surface area contributed by atoms with E-state index in [2.05, 4.69) is 14.9 Å². The van der Waals surface area contributed by atoms with Gasteiger partial charge in [-0.1, -0.05) is 0 Å². The molecule has 8 nitrogen and oxygen atoms in total. The lowest BCUT2D eigenvalue weighted by Crippen LogP contribution is -2.64. The van der Waals surface area contributed by atoms with Gasteiger partial charge in [-0.05, 0) is 42.5 Å². The summed E-state index contributed by atoms with van der Waals surface area (Å²) < 4.78 is 40.3. The van der Waals surface area contributed by atoms with Gasteiger partial charge in [0.05, 0.1) is 16.6 Å². The van der Waals surface area contributed by atoms with E-state index in [9.17, 15) is 22.8 Å². The van der Waals surface area contributed by atoms with Crippen LogP contribution in [0, 0.1) is 0 Å². The van der Waals surface area contributed by atoms with Crippen molar-refractivity contribution in [3.05, 3.63) is 76.5 Å². The van der Waals surface area contributed by atoms with Crippen LogP contribution in [0.4, 0.5) is 13.2 Å². The summed E-state index contributed by atoms with van der Waals surface area (Å²) in [6.07, 6.45) is -1.22. The lowest BCUT2D eigenvalue weighted by atomic mass is 10.0. The Morgan fingerprint density at radius 3 is 2.29 bits per heavy atom. The number of alkyl halides is 3. The summed E-state index contributed by atoms with van der Waals surface area (Å²) in [6.45, 7) is 4.05. The number of thiazole rings is 1. The monoisotopic (exact) mass is 540 g/mol. The number of carbonyl (C=O) groups is 2. The molecule has 12 heteroatoms. The van der Waals surface area contributed by atoms with Gasteiger partial charge in [0.2, 0.25) is 0 Å². The number of piperazine rings is 1. The fraction of sp³-hybridized carbons (Fsp3) is 0.308. The lowest BCUT2D eigenvalue weighted by molar-refractivity contribution is -0.137. The largest absolute Gasteiger partial charge is 0.416 e. The van der Waals surface area contributed by atoms with Gasteiger partial charge in [0, 0.05) is 68.1 Å². The molecule has 0 spiro atoms. The number of benzene rings is 2. The average molecular weight is 541 g/mol. The first-order valence-corrected chi connectivity index (χ1v) is 13.0. The molecule has 196 valence electrons. The van der Waals surface area contributed by atoms with Crippen LogP contribution in [0.15, 0.2) is 60.4 Å². The van der Waals surface area contributed by atoms with E-state index in [1.807, 2.05) is 4.90 Å². The van der Waals surface area contributed by atoms with Crippen molar-refractivity contribution in [3.8, 4) is 5.69 Å². The molecule has 6 rings (SSSR count). The van der Waals surface area contributed by atoms with Gasteiger partial charge in [0.25, 0.3) is 11.8 Å². The minimum Gasteiger partial charge on any atom is -0.335 e. The molecular weight excluding hydrogens is 517 g/mol. The van der Waals surface area contributed by atoms with Crippen LogP contribution in [0.2, 0.25) is 0 Å². The van der Waals surface area contributed by atoms with Gasteiger partial charge in [-0.3, -0.25) is 19.1 Å². The molecule has 2 fully saturated rings. The molecule has 2 saturated heterocycles. The maximum Gasteiger partial charge on any atom is 0.416 e. The number of fused-ring (bicyclic) bond motifs is 1. The number of carbonyl (C=O) groups excluding carboxylic acids is 2. The van der Waals surface area contributed by atoms with E-state index in [1.165, 1.54) is 23.5 Å². The molecule has 4 heterocycles. The Morgan fingerprint density at radius 2 is 1.63 bits per heavy atom. The number of halogens is 3. The molecule has 4 aromatic rings. The Hall–Kier alpha value is -3.77. The first kappa shape index (κ1) is 24.6. The van der Waals surface area contributed by atoms with Crippen LogP contribution in [0.3, 0.4) is 0 Å². The van der Waals surface area contributed by atoms with Gasteiger partial charge in [0.15, 0.2) is 5.01 Å². The van der Waals surface area contributed by atoms with Crippen LogP contribution in [0.25, 0.3) is 16.7 Å². The summed E-state index contributed by atoms with van der Waals surface area (Å²) in [5.41, 5.74) is 1.66. The summed E-state index contributed by atoms with van der Waals surface area (Å²) >= 11 is 1.35. The van der Waals surface area contributed by atoms with E-state index in [1.54, 1.807) is 45.6 Å². The number of amides is 2. The lowest BCUT2D eigenvalue weighted by Gasteiger charge is -2.48. The molecule has 0 N–H and O–H groups in total. The molecule has 0 radical (unpaired) electrons. The van der Waals surface area contributed by atoms with Crippen molar-refractivity contribution in [2.45, 2.75) is 12.2 Å². The van der Waals surface area contributed by atoms with E-state index in [0.717, 1.165) is 25.2 Å². The van der Waals surface area contributed by atoms with E-state index in [-0.39, 0.29) is 17.9 Å². The zero-order valence-electron chi connectivity index (χ0n) is 20.1. The van der Waals surface area contributed by atoms with Crippen LogP contribution < -0.4 is 0 Å². The van der Waals surface area contributed by atoms with Crippen LogP contribution in [0.1, 0.15) is 25.7 Å². The van der Waals surface area contributed by atoms with E-state index < -0.39 is 11.7 Å². The normalized spacial score (nSPS) is 17.1. The highest BCUT2D eigenvalue weighted by Gasteiger charge is 2.37. The van der Waals surface area contributed by atoms with Crippen LogP contribution in [-0.4, -0.2) is 86.4 Å². The number of hydrogen-bond donors (Lipinski definition) is 0. The highest BCUT2D eigenvalue weighted by molar-refractivity contribution is 7.11. The SMILES string of the molecule is O=C(c1ccc2c(c1)ncn2-c1ccc(C(F)(F)F)cc1)N1CC(N2CCN(C(=O)c3nccs3)CC2)C1. The fourth-order valence-electron chi connectivity index (χ4n) is 4.95. The fourth-order valence-corrected chi connectivity index (χ4v) is 5.55. The summed E-state index contributed by atoms with van der Waals surface area (Å²) in [7, 11) is 0. The van der Waals surface area contributed by atoms with Crippen molar-refractivity contribution in [1.82, 2.24) is 29.2 Å². The quantitative estimate of drug-likeness (QED) is 0.394. The Kier molecular flexibility index (Phi) is 6.15. The van der Waals surface area contributed by atoms with Crippen molar-refractivity contribution in [3.63, 3.8) is 0 Å². The second-order valence-electron chi connectivity index (χ2n) is 9.39. The number of rotatable bonds is 4. The molecule has 0 unspecified atom stereocenters. The maximum atomic E-state index is 13.1. The molecule has 0 aliphatic carbocycles. The maximum absolute atomic E-state index is 13.1. The molecule has 2 aliphatic rings. The molecule has 0 atom stereocenters. The summed E-state index contributed by atoms with van der Waals surface area (Å²) in [5, 5.41) is 2.31. The van der Waals surface area contributed by atoms with Crippen LogP contribution >= 0.6 is 11.3 Å². The Labute approximate surface area is 219 Å². The molecule has 2 amide bonds. The Morgan fingerprint density at radius 1 is 0.895 bits per heavy atom. The standard InChI is InChI=1S/C26H23F3N6O2S/c27-26(28,29)18-2-4-19(5-3-18)35-16-31-21-13-17(1-6-22(21)35)24(36)34-14-20(15-34)32-8-10-33(11-9-32)25(37)23-30-7-12-38-23/h1-7,12-13,16,20H,8-11,14-15H2. The topological polar surface area (TPSA) is 74.6 Å². The third kappa shape index (κ3) is 4.54. The van der Waals surface area contributed by atoms with Crippen molar-refractivity contribution < 1.29 is 22.8 Å². The number of imidazole rings is 1. The molecule has 2 aliphatic heterocycles. The molecule has 0 bridgehead atoms. The van der Waals surface area contributed by atoms with E-state index >= 15 is 0 Å². The van der Waals surface area contributed by atoms with Gasteiger partial charge in [-0.2, -0.15) is 13.2 Å². The zero-order valence-corrected chi connectivity index (χ0v) is 21.0. The van der Waals surface area contributed by atoms with Crippen molar-refractivity contribution in [1.29, 1.82) is 0 Å². The van der Waals surface area contributed by atoms with Gasteiger partial charge in [0.1, 0.15) is 6.33 Å². The number of likely N-dealkylation sites (tertiary alicyclic amines) is 1. The predicted octanol–water partition coefficient (Wildman–Crippen LogP) is 3.78. The Balaban J connectivity index is 1.06. The highest BCUT2D eigenvalue weighted by atomic mass is 32.1. The Bertz CT molecular complexity index is 1470. The first-order valence-electron chi connectivity index (χ1n) is 12.1. The van der Waals surface area contributed by atoms with Crippen LogP contribution in [-0.2, 0) is 6.18 Å². The van der Waals surface area contributed by atoms with Gasteiger partial charge >= 0.3 is 6.18 Å². The van der Waals surface area contributed by atoms with Gasteiger partial charge in [-0.25, -0.2) is 9.97 Å².